The molecule has 0 fully saturated rings. The minimum Gasteiger partial charge on any atom is -0.382 e. The van der Waals surface area contributed by atoms with Crippen LogP contribution in [0.4, 0.5) is 0 Å². The summed E-state index contributed by atoms with van der Waals surface area (Å²) in [5.41, 5.74) is 0.184. The van der Waals surface area contributed by atoms with Gasteiger partial charge in [-0.2, -0.15) is 0 Å². The monoisotopic (exact) mass is 473 g/mol. The van der Waals surface area contributed by atoms with E-state index in [1.54, 1.807) is 14.2 Å². The van der Waals surface area contributed by atoms with E-state index in [4.69, 9.17) is 23.7 Å². The highest BCUT2D eigenvalue weighted by Gasteiger charge is 2.13. The molecule has 0 spiro atoms. The van der Waals surface area contributed by atoms with Gasteiger partial charge in [0, 0.05) is 33.8 Å². The zero-order valence-corrected chi connectivity index (χ0v) is 17.3. The smallest absolute Gasteiger partial charge is 0.220 e. The van der Waals surface area contributed by atoms with Crippen LogP contribution in [0.1, 0.15) is 84.6 Å². The van der Waals surface area contributed by atoms with Gasteiger partial charge in [-0.1, -0.05) is 65.3 Å². The third-order valence-corrected chi connectivity index (χ3v) is 3.57. The van der Waals surface area contributed by atoms with Crippen LogP contribution in [0, 0.1) is 5.41 Å². The highest BCUT2D eigenvalue weighted by molar-refractivity contribution is 5.75. The Morgan fingerprint density at radius 1 is 0.781 bits per heavy atom. The summed E-state index contributed by atoms with van der Waals surface area (Å²) in [7, 11) is 3.28. The Morgan fingerprint density at radius 2 is 1.28 bits per heavy atom. The Bertz CT molecular complexity index is 335. The van der Waals surface area contributed by atoms with Crippen molar-refractivity contribution in [1.82, 2.24) is 5.32 Å². The number of carbonyl (C=O) groups excluding carboxylic acids is 1. The fourth-order valence-electron chi connectivity index (χ4n) is 1.99. The molecule has 0 rings (SSSR count). The van der Waals surface area contributed by atoms with Crippen LogP contribution in [0.25, 0.3) is 0 Å². The maximum Gasteiger partial charge on any atom is 0.220 e. The molecule has 1 N–H and O–H groups in total. The minimum atomic E-state index is -0.136. The lowest BCUT2D eigenvalue weighted by Crippen LogP contribution is -2.29. The average molecular weight is 474 g/mol. The molecule has 1 atom stereocenters. The van der Waals surface area contributed by atoms with Crippen LogP contribution in [-0.4, -0.2) is 79.0 Å². The molecule has 7 nitrogen and oxygen atoms in total. The Labute approximate surface area is 203 Å². The second-order valence-electron chi connectivity index (χ2n) is 7.39. The first-order valence-electron chi connectivity index (χ1n) is 9.40. The standard InChI is InChI=1S/C19H39NO6.6CH4/c1-19(2,3)8-7-18(21)20-9-6-10-24-15-17(26-14-12-23-5)16-25-13-11-22-4;;;;;;/h17H,6-16H2,1-5H3,(H,20,21);6*1H4. The summed E-state index contributed by atoms with van der Waals surface area (Å²) in [6, 6.07) is 0. The van der Waals surface area contributed by atoms with Crippen LogP contribution in [-0.2, 0) is 28.5 Å². The molecular weight excluding hydrogens is 410 g/mol. The summed E-state index contributed by atoms with van der Waals surface area (Å²) in [5, 5.41) is 2.93. The Kier molecular flexibility index (Phi) is 49.3. The second-order valence-corrected chi connectivity index (χ2v) is 7.39. The molecule has 0 aliphatic carbocycles. The molecule has 7 heteroatoms. The molecule has 0 saturated carbocycles. The molecule has 0 aliphatic heterocycles. The van der Waals surface area contributed by atoms with Crippen molar-refractivity contribution in [2.24, 2.45) is 5.41 Å². The molecule has 0 aromatic rings. The van der Waals surface area contributed by atoms with Crippen molar-refractivity contribution in [3.63, 3.8) is 0 Å². The highest BCUT2D eigenvalue weighted by Crippen LogP contribution is 2.20. The Balaban J connectivity index is -0.000000208. The number of ether oxygens (including phenoxy) is 5. The van der Waals surface area contributed by atoms with Gasteiger partial charge in [0.25, 0.3) is 0 Å². The lowest BCUT2D eigenvalue weighted by Gasteiger charge is -2.18. The van der Waals surface area contributed by atoms with E-state index in [2.05, 4.69) is 26.1 Å². The van der Waals surface area contributed by atoms with E-state index >= 15 is 0 Å². The van der Waals surface area contributed by atoms with Gasteiger partial charge < -0.3 is 29.0 Å². The molecule has 1 unspecified atom stereocenters. The van der Waals surface area contributed by atoms with E-state index in [9.17, 15) is 4.79 Å². The first-order valence-corrected chi connectivity index (χ1v) is 9.40. The molecule has 0 aromatic carbocycles. The summed E-state index contributed by atoms with van der Waals surface area (Å²) < 4.78 is 26.8. The number of hydrogen-bond donors (Lipinski definition) is 1. The zero-order chi connectivity index (χ0) is 19.7. The van der Waals surface area contributed by atoms with E-state index in [0.717, 1.165) is 12.8 Å². The predicted octanol–water partition coefficient (Wildman–Crippen LogP) is 5.85. The highest BCUT2D eigenvalue weighted by atomic mass is 16.6. The van der Waals surface area contributed by atoms with Crippen LogP contribution in [0.3, 0.4) is 0 Å². The van der Waals surface area contributed by atoms with E-state index in [1.807, 2.05) is 0 Å². The lowest BCUT2D eigenvalue weighted by molar-refractivity contribution is -0.121. The number of nitrogens with one attached hydrogen (secondary N) is 1. The van der Waals surface area contributed by atoms with Gasteiger partial charge in [0.05, 0.1) is 39.6 Å². The van der Waals surface area contributed by atoms with Gasteiger partial charge in [-0.3, -0.25) is 4.79 Å². The maximum atomic E-state index is 11.7. The zero-order valence-electron chi connectivity index (χ0n) is 17.3. The summed E-state index contributed by atoms with van der Waals surface area (Å²) in [6.45, 7) is 10.6. The fraction of sp³-hybridized carbons (Fsp3) is 0.960. The quantitative estimate of drug-likeness (QED) is 0.267. The summed E-state index contributed by atoms with van der Waals surface area (Å²) in [4.78, 5) is 11.7. The summed E-state index contributed by atoms with van der Waals surface area (Å²) in [6.07, 6.45) is 2.09. The third-order valence-electron chi connectivity index (χ3n) is 3.57. The van der Waals surface area contributed by atoms with Gasteiger partial charge in [-0.05, 0) is 18.3 Å². The van der Waals surface area contributed by atoms with E-state index in [1.165, 1.54) is 0 Å². The van der Waals surface area contributed by atoms with Crippen LogP contribution in [0.5, 0.6) is 0 Å². The number of methoxy groups -OCH3 is 2. The number of rotatable bonds is 17. The van der Waals surface area contributed by atoms with Gasteiger partial charge in [0.15, 0.2) is 0 Å². The summed E-state index contributed by atoms with van der Waals surface area (Å²) in [5.74, 6) is 0.104. The van der Waals surface area contributed by atoms with Crippen LogP contribution in [0.15, 0.2) is 0 Å². The molecule has 0 aliphatic rings. The molecule has 0 aromatic heterocycles. The number of amides is 1. The fourth-order valence-corrected chi connectivity index (χ4v) is 1.99. The van der Waals surface area contributed by atoms with Crippen molar-refractivity contribution < 1.29 is 28.5 Å². The van der Waals surface area contributed by atoms with Crippen molar-refractivity contribution in [2.75, 3.05) is 67.0 Å². The van der Waals surface area contributed by atoms with E-state index in [-0.39, 0.29) is 62.0 Å². The van der Waals surface area contributed by atoms with Crippen molar-refractivity contribution in [2.45, 2.75) is 90.7 Å². The first-order chi connectivity index (χ1) is 12.4. The Hall–Kier alpha value is -0.730. The number of hydrogen-bond acceptors (Lipinski definition) is 6. The maximum absolute atomic E-state index is 11.7. The molecule has 0 bridgehead atoms. The topological polar surface area (TPSA) is 75.2 Å². The van der Waals surface area contributed by atoms with Gasteiger partial charge in [-0.25, -0.2) is 0 Å². The van der Waals surface area contributed by atoms with E-state index in [0.29, 0.717) is 59.2 Å². The van der Waals surface area contributed by atoms with Crippen LogP contribution < -0.4 is 5.32 Å². The van der Waals surface area contributed by atoms with Gasteiger partial charge in [0.1, 0.15) is 6.10 Å². The minimum absolute atomic E-state index is 0. The molecule has 204 valence electrons. The van der Waals surface area contributed by atoms with E-state index < -0.39 is 0 Å². The van der Waals surface area contributed by atoms with Gasteiger partial charge >= 0.3 is 0 Å². The molecule has 0 saturated heterocycles. The van der Waals surface area contributed by atoms with Crippen LogP contribution >= 0.6 is 0 Å². The van der Waals surface area contributed by atoms with Crippen molar-refractivity contribution in [3.8, 4) is 0 Å². The normalized spacial score (nSPS) is 10.5. The first kappa shape index (κ1) is 48.6. The predicted molar refractivity (Wildman–Crippen MR) is 142 cm³/mol. The molecular formula is C25H63NO6. The Morgan fingerprint density at radius 3 is 1.78 bits per heavy atom. The van der Waals surface area contributed by atoms with Crippen molar-refractivity contribution in [3.05, 3.63) is 0 Å². The lowest BCUT2D eigenvalue weighted by atomic mass is 9.90. The SMILES string of the molecule is C.C.C.C.C.C.COCCOCC(COCCCNC(=O)CCC(C)(C)C)OCCOC. The number of carbonyl (C=O) groups is 1. The third kappa shape index (κ3) is 36.6. The van der Waals surface area contributed by atoms with Crippen molar-refractivity contribution in [1.29, 1.82) is 0 Å². The molecule has 0 heterocycles. The largest absolute Gasteiger partial charge is 0.382 e. The van der Waals surface area contributed by atoms with Gasteiger partial charge in [-0.15, -0.1) is 0 Å². The average Bonchev–Trinajstić information content (AvgIpc) is 2.58. The van der Waals surface area contributed by atoms with Gasteiger partial charge in [0.2, 0.25) is 5.91 Å². The molecule has 0 radical (unpaired) electrons. The second kappa shape index (κ2) is 32.4. The molecule has 1 amide bonds. The van der Waals surface area contributed by atoms with Crippen molar-refractivity contribution >= 4 is 5.91 Å². The van der Waals surface area contributed by atoms with Crippen LogP contribution in [0.2, 0.25) is 0 Å². The molecule has 32 heavy (non-hydrogen) atoms. The summed E-state index contributed by atoms with van der Waals surface area (Å²) >= 11 is 0.